The molecule has 4 aromatic rings. The topological polar surface area (TPSA) is 109 Å². The fourth-order valence-electron chi connectivity index (χ4n) is 2.53. The van der Waals surface area contributed by atoms with Gasteiger partial charge in [0.05, 0.1) is 6.20 Å². The van der Waals surface area contributed by atoms with E-state index in [4.69, 9.17) is 9.26 Å². The van der Waals surface area contributed by atoms with E-state index in [1.54, 1.807) is 28.5 Å². The molecule has 4 rings (SSSR count). The molecule has 0 radical (unpaired) electrons. The van der Waals surface area contributed by atoms with Crippen LogP contribution in [0.3, 0.4) is 0 Å². The molecule has 0 aliphatic carbocycles. The van der Waals surface area contributed by atoms with E-state index < -0.39 is 0 Å². The maximum atomic E-state index is 5.90. The van der Waals surface area contributed by atoms with Crippen LogP contribution in [-0.4, -0.2) is 40.0 Å². The van der Waals surface area contributed by atoms with Crippen LogP contribution in [0.2, 0.25) is 0 Å². The zero-order chi connectivity index (χ0) is 18.5. The maximum Gasteiger partial charge on any atom is 0.260 e. The standard InChI is InChI=1S/C16H18N8O2/c1-9-6-11(21-26-9)14-19-17-12-7-10(16(2,3)4)15(20-24(12)14)25-13-8-23(5)22-18-13/h6-8H,1-5H3. The highest BCUT2D eigenvalue weighted by molar-refractivity contribution is 5.56. The van der Waals surface area contributed by atoms with Gasteiger partial charge in [0.15, 0.2) is 11.3 Å². The summed E-state index contributed by atoms with van der Waals surface area (Å²) in [7, 11) is 1.77. The quantitative estimate of drug-likeness (QED) is 0.551. The molecule has 0 aliphatic heterocycles. The highest BCUT2D eigenvalue weighted by atomic mass is 16.5. The summed E-state index contributed by atoms with van der Waals surface area (Å²) in [4.78, 5) is 0. The van der Waals surface area contributed by atoms with Crippen LogP contribution < -0.4 is 4.74 Å². The Bertz CT molecular complexity index is 1090. The number of fused-ring (bicyclic) bond motifs is 1. The molecule has 26 heavy (non-hydrogen) atoms. The van der Waals surface area contributed by atoms with Crippen molar-refractivity contribution in [2.24, 2.45) is 7.05 Å². The molecular weight excluding hydrogens is 336 g/mol. The van der Waals surface area contributed by atoms with Crippen molar-refractivity contribution < 1.29 is 9.26 Å². The highest BCUT2D eigenvalue weighted by Gasteiger charge is 2.25. The molecule has 0 saturated carbocycles. The van der Waals surface area contributed by atoms with E-state index in [1.165, 1.54) is 0 Å². The summed E-state index contributed by atoms with van der Waals surface area (Å²) < 4.78 is 14.2. The molecule has 0 aliphatic rings. The Kier molecular flexibility index (Phi) is 3.49. The van der Waals surface area contributed by atoms with Gasteiger partial charge in [0, 0.05) is 18.7 Å². The van der Waals surface area contributed by atoms with Crippen molar-refractivity contribution in [3.63, 3.8) is 0 Å². The molecule has 0 amide bonds. The predicted molar refractivity (Wildman–Crippen MR) is 90.8 cm³/mol. The molecule has 0 saturated heterocycles. The lowest BCUT2D eigenvalue weighted by molar-refractivity contribution is 0.398. The van der Waals surface area contributed by atoms with Crippen LogP contribution in [-0.2, 0) is 12.5 Å². The van der Waals surface area contributed by atoms with Crippen molar-refractivity contribution >= 4 is 5.65 Å². The van der Waals surface area contributed by atoms with E-state index in [0.717, 1.165) is 5.56 Å². The molecule has 0 N–H and O–H groups in total. The second kappa shape index (κ2) is 5.61. The molecule has 10 heteroatoms. The third-order valence-corrected chi connectivity index (χ3v) is 3.81. The Morgan fingerprint density at radius 1 is 1.12 bits per heavy atom. The van der Waals surface area contributed by atoms with E-state index in [2.05, 4.69) is 51.5 Å². The van der Waals surface area contributed by atoms with Crippen LogP contribution in [0.15, 0.2) is 22.9 Å². The minimum Gasteiger partial charge on any atom is -0.416 e. The van der Waals surface area contributed by atoms with Crippen LogP contribution in [0.5, 0.6) is 11.8 Å². The molecule has 0 atom stereocenters. The summed E-state index contributed by atoms with van der Waals surface area (Å²) in [5.74, 6) is 1.92. The van der Waals surface area contributed by atoms with Crippen LogP contribution in [0.4, 0.5) is 0 Å². The number of hydrogen-bond donors (Lipinski definition) is 0. The van der Waals surface area contributed by atoms with E-state index in [0.29, 0.717) is 34.7 Å². The van der Waals surface area contributed by atoms with Crippen molar-refractivity contribution in [2.75, 3.05) is 0 Å². The lowest BCUT2D eigenvalue weighted by Gasteiger charge is -2.21. The summed E-state index contributed by atoms with van der Waals surface area (Å²) in [6.45, 7) is 8.03. The molecule has 0 fully saturated rings. The van der Waals surface area contributed by atoms with Gasteiger partial charge in [0.25, 0.3) is 5.88 Å². The van der Waals surface area contributed by atoms with Crippen molar-refractivity contribution in [3.8, 4) is 23.3 Å². The van der Waals surface area contributed by atoms with Crippen molar-refractivity contribution in [3.05, 3.63) is 29.7 Å². The first-order valence-electron chi connectivity index (χ1n) is 8.06. The average Bonchev–Trinajstić information content (AvgIpc) is 3.26. The lowest BCUT2D eigenvalue weighted by atomic mass is 9.88. The number of rotatable bonds is 3. The average molecular weight is 354 g/mol. The highest BCUT2D eigenvalue weighted by Crippen LogP contribution is 2.33. The van der Waals surface area contributed by atoms with Gasteiger partial charge < -0.3 is 9.26 Å². The lowest BCUT2D eigenvalue weighted by Crippen LogP contribution is -2.15. The number of hydrogen-bond acceptors (Lipinski definition) is 8. The summed E-state index contributed by atoms with van der Waals surface area (Å²) >= 11 is 0. The zero-order valence-corrected chi connectivity index (χ0v) is 15.1. The minimum absolute atomic E-state index is 0.219. The molecule has 0 unspecified atom stereocenters. The normalized spacial score (nSPS) is 12.0. The Morgan fingerprint density at radius 3 is 2.54 bits per heavy atom. The van der Waals surface area contributed by atoms with Gasteiger partial charge >= 0.3 is 0 Å². The number of aryl methyl sites for hydroxylation is 2. The molecule has 4 heterocycles. The molecule has 10 nitrogen and oxygen atoms in total. The fraction of sp³-hybridized carbons (Fsp3) is 0.375. The second-order valence-electron chi connectivity index (χ2n) is 7.06. The predicted octanol–water partition coefficient (Wildman–Crippen LogP) is 2.31. The Labute approximate surface area is 148 Å². The summed E-state index contributed by atoms with van der Waals surface area (Å²) in [6, 6.07) is 3.68. The SMILES string of the molecule is Cc1cc(-c2nnc3cc(C(C)(C)C)c(Oc4cn(C)nn4)nn23)no1. The van der Waals surface area contributed by atoms with E-state index >= 15 is 0 Å². The molecule has 134 valence electrons. The first kappa shape index (κ1) is 16.2. The molecule has 0 bridgehead atoms. The van der Waals surface area contributed by atoms with Gasteiger partial charge in [-0.3, -0.25) is 4.68 Å². The van der Waals surface area contributed by atoms with Crippen molar-refractivity contribution in [2.45, 2.75) is 33.1 Å². The van der Waals surface area contributed by atoms with Gasteiger partial charge in [0.1, 0.15) is 5.76 Å². The molecule has 0 spiro atoms. The smallest absolute Gasteiger partial charge is 0.260 e. The van der Waals surface area contributed by atoms with Crippen molar-refractivity contribution in [1.82, 2.24) is 40.0 Å². The van der Waals surface area contributed by atoms with E-state index in [9.17, 15) is 0 Å². The van der Waals surface area contributed by atoms with Gasteiger partial charge in [-0.05, 0) is 18.4 Å². The van der Waals surface area contributed by atoms with Crippen LogP contribution in [0.1, 0.15) is 32.1 Å². The number of ether oxygens (including phenoxy) is 1. The first-order chi connectivity index (χ1) is 12.3. The number of nitrogens with zero attached hydrogens (tertiary/aromatic N) is 8. The Hall–Kier alpha value is -3.30. The largest absolute Gasteiger partial charge is 0.416 e. The van der Waals surface area contributed by atoms with E-state index in [-0.39, 0.29) is 5.41 Å². The molecular formula is C16H18N8O2. The second-order valence-corrected chi connectivity index (χ2v) is 7.06. The summed E-state index contributed by atoms with van der Waals surface area (Å²) in [6.07, 6.45) is 1.67. The van der Waals surface area contributed by atoms with E-state index in [1.807, 2.05) is 13.0 Å². The van der Waals surface area contributed by atoms with Gasteiger partial charge in [-0.1, -0.05) is 36.2 Å². The van der Waals surface area contributed by atoms with Crippen LogP contribution in [0.25, 0.3) is 17.2 Å². The van der Waals surface area contributed by atoms with Gasteiger partial charge in [0.2, 0.25) is 11.7 Å². The van der Waals surface area contributed by atoms with Crippen molar-refractivity contribution in [1.29, 1.82) is 0 Å². The zero-order valence-electron chi connectivity index (χ0n) is 15.1. The Balaban J connectivity index is 1.88. The molecule has 4 aromatic heterocycles. The van der Waals surface area contributed by atoms with Gasteiger partial charge in [-0.2, -0.15) is 4.52 Å². The molecule has 0 aromatic carbocycles. The first-order valence-corrected chi connectivity index (χ1v) is 8.06. The monoisotopic (exact) mass is 354 g/mol. The maximum absolute atomic E-state index is 5.90. The Morgan fingerprint density at radius 2 is 1.92 bits per heavy atom. The van der Waals surface area contributed by atoms with Gasteiger partial charge in [-0.15, -0.1) is 15.3 Å². The van der Waals surface area contributed by atoms with Crippen LogP contribution in [0, 0.1) is 6.92 Å². The third-order valence-electron chi connectivity index (χ3n) is 3.81. The summed E-state index contributed by atoms with van der Waals surface area (Å²) in [5, 5.41) is 24.9. The van der Waals surface area contributed by atoms with Gasteiger partial charge in [-0.25, -0.2) is 0 Å². The number of aromatic nitrogens is 8. The van der Waals surface area contributed by atoms with Crippen LogP contribution >= 0.6 is 0 Å². The minimum atomic E-state index is -0.219. The third kappa shape index (κ3) is 2.79. The summed E-state index contributed by atoms with van der Waals surface area (Å²) in [5.41, 5.74) is 1.81. The fourth-order valence-corrected chi connectivity index (χ4v) is 2.53.